The van der Waals surface area contributed by atoms with Gasteiger partial charge in [-0.2, -0.15) is 0 Å². The van der Waals surface area contributed by atoms with Gasteiger partial charge in [0.2, 0.25) is 0 Å². The van der Waals surface area contributed by atoms with E-state index in [0.717, 1.165) is 0 Å². The van der Waals surface area contributed by atoms with E-state index in [1.54, 1.807) is 12.3 Å². The van der Waals surface area contributed by atoms with E-state index < -0.39 is 11.1 Å². The molecule has 1 nitrogen and oxygen atoms in total. The Morgan fingerprint density at radius 1 is 1.62 bits per heavy atom. The SMILES string of the molecule is CSc1c(Br)ccc(C(=O)Cl)c1F. The van der Waals surface area contributed by atoms with Gasteiger partial charge in [0.05, 0.1) is 10.5 Å². The molecule has 0 heterocycles. The minimum Gasteiger partial charge on any atom is -0.275 e. The third kappa shape index (κ3) is 2.24. The first-order chi connectivity index (χ1) is 6.07. The summed E-state index contributed by atoms with van der Waals surface area (Å²) in [6.07, 6.45) is 1.73. The van der Waals surface area contributed by atoms with Crippen molar-refractivity contribution in [2.24, 2.45) is 0 Å². The number of carbonyl (C=O) groups is 1. The lowest BCUT2D eigenvalue weighted by Gasteiger charge is -2.04. The van der Waals surface area contributed by atoms with E-state index in [2.05, 4.69) is 15.9 Å². The van der Waals surface area contributed by atoms with Crippen molar-refractivity contribution < 1.29 is 9.18 Å². The maximum Gasteiger partial charge on any atom is 0.255 e. The summed E-state index contributed by atoms with van der Waals surface area (Å²) in [7, 11) is 0. The van der Waals surface area contributed by atoms with Gasteiger partial charge in [0.15, 0.2) is 0 Å². The largest absolute Gasteiger partial charge is 0.275 e. The number of hydrogen-bond donors (Lipinski definition) is 0. The molecule has 0 bridgehead atoms. The van der Waals surface area contributed by atoms with Crippen LogP contribution in [0.25, 0.3) is 0 Å². The fourth-order valence-electron chi connectivity index (χ4n) is 0.871. The molecule has 0 saturated carbocycles. The second kappa shape index (κ2) is 4.44. The van der Waals surface area contributed by atoms with Crippen LogP contribution in [0.15, 0.2) is 21.5 Å². The molecule has 5 heteroatoms. The topological polar surface area (TPSA) is 17.1 Å². The standard InChI is InChI=1S/C8H5BrClFOS/c1-13-7-5(9)3-2-4(6(7)11)8(10)12/h2-3H,1H3. The summed E-state index contributed by atoms with van der Waals surface area (Å²) >= 11 is 9.58. The van der Waals surface area contributed by atoms with Crippen LogP contribution in [0.3, 0.4) is 0 Å². The zero-order chi connectivity index (χ0) is 10.0. The van der Waals surface area contributed by atoms with Crippen LogP contribution in [0.5, 0.6) is 0 Å². The van der Waals surface area contributed by atoms with Crippen molar-refractivity contribution in [2.45, 2.75) is 4.90 Å². The molecule has 0 fully saturated rings. The lowest BCUT2D eigenvalue weighted by Crippen LogP contribution is -1.96. The zero-order valence-corrected chi connectivity index (χ0v) is 9.76. The maximum absolute atomic E-state index is 13.4. The molecular formula is C8H5BrClFOS. The normalized spacial score (nSPS) is 10.2. The van der Waals surface area contributed by atoms with E-state index in [9.17, 15) is 9.18 Å². The van der Waals surface area contributed by atoms with Gasteiger partial charge in [-0.15, -0.1) is 11.8 Å². The molecule has 0 aliphatic rings. The molecule has 1 aromatic rings. The second-order valence-electron chi connectivity index (χ2n) is 2.22. The van der Waals surface area contributed by atoms with Crippen molar-refractivity contribution in [1.82, 2.24) is 0 Å². The Labute approximate surface area is 92.8 Å². The Morgan fingerprint density at radius 2 is 2.23 bits per heavy atom. The van der Waals surface area contributed by atoms with Gasteiger partial charge in [-0.1, -0.05) is 0 Å². The Hall–Kier alpha value is -0.0600. The lowest BCUT2D eigenvalue weighted by molar-refractivity contribution is 0.107. The van der Waals surface area contributed by atoms with E-state index in [1.165, 1.54) is 17.8 Å². The first kappa shape index (κ1) is 11.0. The Bertz CT molecular complexity index is 356. The molecule has 13 heavy (non-hydrogen) atoms. The highest BCUT2D eigenvalue weighted by Crippen LogP contribution is 2.30. The van der Waals surface area contributed by atoms with Crippen LogP contribution in [-0.4, -0.2) is 11.5 Å². The predicted octanol–water partition coefficient (Wildman–Crippen LogP) is 3.69. The van der Waals surface area contributed by atoms with Crippen molar-refractivity contribution in [3.05, 3.63) is 28.0 Å². The Kier molecular flexibility index (Phi) is 3.76. The van der Waals surface area contributed by atoms with Gasteiger partial charge < -0.3 is 0 Å². The molecule has 0 unspecified atom stereocenters. The van der Waals surface area contributed by atoms with Crippen LogP contribution >= 0.6 is 39.3 Å². The number of carbonyl (C=O) groups excluding carboxylic acids is 1. The summed E-state index contributed by atoms with van der Waals surface area (Å²) < 4.78 is 14.1. The molecule has 0 amide bonds. The monoisotopic (exact) mass is 282 g/mol. The van der Waals surface area contributed by atoms with Crippen molar-refractivity contribution in [3.8, 4) is 0 Å². The third-order valence-electron chi connectivity index (χ3n) is 1.46. The van der Waals surface area contributed by atoms with Crippen molar-refractivity contribution >= 4 is 44.5 Å². The number of rotatable bonds is 2. The van der Waals surface area contributed by atoms with Crippen molar-refractivity contribution in [2.75, 3.05) is 6.26 Å². The molecule has 0 radical (unpaired) electrons. The maximum atomic E-state index is 13.4. The molecule has 0 aliphatic carbocycles. The summed E-state index contributed by atoms with van der Waals surface area (Å²) in [6.45, 7) is 0. The summed E-state index contributed by atoms with van der Waals surface area (Å²) in [5.74, 6) is -0.568. The summed E-state index contributed by atoms with van der Waals surface area (Å²) in [5, 5.41) is -0.777. The molecule has 0 atom stereocenters. The van der Waals surface area contributed by atoms with E-state index in [1.807, 2.05) is 0 Å². The number of thioether (sulfide) groups is 1. The molecule has 70 valence electrons. The first-order valence-corrected chi connectivity index (χ1v) is 5.69. The molecule has 0 spiro atoms. The first-order valence-electron chi connectivity index (χ1n) is 3.29. The van der Waals surface area contributed by atoms with Crippen LogP contribution in [-0.2, 0) is 0 Å². The van der Waals surface area contributed by atoms with Gasteiger partial charge in [0, 0.05) is 4.47 Å². The average Bonchev–Trinajstić information content (AvgIpc) is 2.04. The van der Waals surface area contributed by atoms with E-state index >= 15 is 0 Å². The van der Waals surface area contributed by atoms with Crippen LogP contribution < -0.4 is 0 Å². The highest BCUT2D eigenvalue weighted by molar-refractivity contribution is 9.10. The Morgan fingerprint density at radius 3 is 2.69 bits per heavy atom. The van der Waals surface area contributed by atoms with Crippen LogP contribution in [0, 0.1) is 5.82 Å². The zero-order valence-electron chi connectivity index (χ0n) is 6.61. The van der Waals surface area contributed by atoms with Crippen molar-refractivity contribution in [1.29, 1.82) is 0 Å². The van der Waals surface area contributed by atoms with Gasteiger partial charge in [0.1, 0.15) is 5.82 Å². The van der Waals surface area contributed by atoms with Gasteiger partial charge in [0.25, 0.3) is 5.24 Å². The minimum atomic E-state index is -0.777. The number of halogens is 3. The van der Waals surface area contributed by atoms with Gasteiger partial charge in [-0.25, -0.2) is 4.39 Å². The lowest BCUT2D eigenvalue weighted by atomic mass is 10.2. The van der Waals surface area contributed by atoms with E-state index in [4.69, 9.17) is 11.6 Å². The molecule has 0 aromatic heterocycles. The molecule has 0 N–H and O–H groups in total. The number of hydrogen-bond acceptors (Lipinski definition) is 2. The van der Waals surface area contributed by atoms with E-state index in [-0.39, 0.29) is 5.56 Å². The summed E-state index contributed by atoms with van der Waals surface area (Å²) in [5.41, 5.74) is -0.0887. The van der Waals surface area contributed by atoms with E-state index in [0.29, 0.717) is 9.37 Å². The van der Waals surface area contributed by atoms with Crippen LogP contribution in [0.1, 0.15) is 10.4 Å². The second-order valence-corrected chi connectivity index (χ2v) is 4.23. The molecule has 0 saturated heterocycles. The Balaban J connectivity index is 3.35. The summed E-state index contributed by atoms with van der Waals surface area (Å²) in [4.78, 5) is 11.1. The van der Waals surface area contributed by atoms with Crippen LogP contribution in [0.2, 0.25) is 0 Å². The summed E-state index contributed by atoms with van der Waals surface area (Å²) in [6, 6.07) is 2.96. The van der Waals surface area contributed by atoms with Gasteiger partial charge in [-0.3, -0.25) is 4.79 Å². The molecule has 1 aromatic carbocycles. The highest BCUT2D eigenvalue weighted by Gasteiger charge is 2.15. The minimum absolute atomic E-state index is 0.0887. The quantitative estimate of drug-likeness (QED) is 0.608. The van der Waals surface area contributed by atoms with Gasteiger partial charge >= 0.3 is 0 Å². The molecule has 1 rings (SSSR count). The van der Waals surface area contributed by atoms with Crippen molar-refractivity contribution in [3.63, 3.8) is 0 Å². The smallest absolute Gasteiger partial charge is 0.255 e. The van der Waals surface area contributed by atoms with Gasteiger partial charge in [-0.05, 0) is 45.9 Å². The number of benzene rings is 1. The molecular weight excluding hydrogens is 279 g/mol. The molecule has 0 aliphatic heterocycles. The average molecular weight is 284 g/mol. The van der Waals surface area contributed by atoms with Crippen LogP contribution in [0.4, 0.5) is 4.39 Å². The fourth-order valence-corrected chi connectivity index (χ4v) is 2.36. The third-order valence-corrected chi connectivity index (χ3v) is 3.40. The predicted molar refractivity (Wildman–Crippen MR) is 56.1 cm³/mol. The fraction of sp³-hybridized carbons (Fsp3) is 0.125. The highest BCUT2D eigenvalue weighted by atomic mass is 79.9.